The number of imidazole rings is 1. The van der Waals surface area contributed by atoms with E-state index in [2.05, 4.69) is 15.0 Å². The van der Waals surface area contributed by atoms with Crippen LogP contribution in [0.3, 0.4) is 0 Å². The van der Waals surface area contributed by atoms with Crippen LogP contribution in [0.25, 0.3) is 11.2 Å². The first-order valence-corrected chi connectivity index (χ1v) is 17.6. The lowest BCUT2D eigenvalue weighted by molar-refractivity contribution is -0.412. The average molecular weight is 696 g/mol. The van der Waals surface area contributed by atoms with Gasteiger partial charge in [0.15, 0.2) is 5.65 Å². The number of hydrogen-bond acceptors (Lipinski definition) is 14. The van der Waals surface area contributed by atoms with E-state index >= 15 is 0 Å². The molecule has 5 rings (SSSR count). The lowest BCUT2D eigenvalue weighted by atomic mass is 10.1. The average Bonchev–Trinajstić information content (AvgIpc) is 3.84. The maximum absolute atomic E-state index is 13.2. The van der Waals surface area contributed by atoms with Gasteiger partial charge in [0.05, 0.1) is 20.0 Å². The van der Waals surface area contributed by atoms with Crippen molar-refractivity contribution in [2.24, 2.45) is 11.8 Å². The van der Waals surface area contributed by atoms with E-state index in [4.69, 9.17) is 34.2 Å². The molecule has 0 amide bonds. The molecule has 47 heavy (non-hydrogen) atoms. The topological polar surface area (TPSA) is 217 Å². The van der Waals surface area contributed by atoms with Crippen LogP contribution in [0.2, 0.25) is 0 Å². The van der Waals surface area contributed by atoms with E-state index in [9.17, 15) is 23.9 Å². The molecular weight excluding hydrogens is 657 g/mol. The summed E-state index contributed by atoms with van der Waals surface area (Å²) in [6.07, 6.45) is 4.27. The molecule has 0 saturated heterocycles. The van der Waals surface area contributed by atoms with E-state index in [1.807, 2.05) is 24.3 Å². The van der Waals surface area contributed by atoms with Crippen LogP contribution in [0, 0.1) is 11.8 Å². The second-order valence-electron chi connectivity index (χ2n) is 11.2. The normalized spacial score (nSPS) is 18.5. The smallest absolute Gasteiger partial charge is 0.415 e. The van der Waals surface area contributed by atoms with Crippen LogP contribution in [-0.2, 0) is 44.4 Å². The second kappa shape index (κ2) is 15.7. The number of hydrogen-bond donors (Lipinski definition) is 3. The number of carbonyl (C=O) groups excluding carboxylic acids is 2. The highest BCUT2D eigenvalue weighted by Gasteiger charge is 2.58. The van der Waals surface area contributed by atoms with Crippen molar-refractivity contribution in [2.45, 2.75) is 86.1 Å². The predicted molar refractivity (Wildman–Crippen MR) is 166 cm³/mol. The fraction of sp³-hybridized carbons (Fsp3) is 0.552. The van der Waals surface area contributed by atoms with Crippen molar-refractivity contribution in [2.75, 3.05) is 19.5 Å². The highest BCUT2D eigenvalue weighted by Crippen LogP contribution is 2.55. The Balaban J connectivity index is 1.42. The molecule has 18 heteroatoms. The second-order valence-corrected chi connectivity index (χ2v) is 13.9. The fourth-order valence-electron chi connectivity index (χ4n) is 5.85. The summed E-state index contributed by atoms with van der Waals surface area (Å²) in [5.74, 6) is -0.0450. The highest BCUT2D eigenvalue weighted by atomic mass is 32.2. The first-order chi connectivity index (χ1) is 22.7. The predicted octanol–water partition coefficient (Wildman–Crippen LogP) is 3.79. The van der Waals surface area contributed by atoms with Crippen LogP contribution in [-0.4, -0.2) is 74.3 Å². The van der Waals surface area contributed by atoms with E-state index in [1.54, 1.807) is 11.7 Å². The zero-order valence-corrected chi connectivity index (χ0v) is 27.4. The highest BCUT2D eigenvalue weighted by molar-refractivity contribution is 7.99. The van der Waals surface area contributed by atoms with Crippen molar-refractivity contribution in [3.63, 3.8) is 0 Å². The quantitative estimate of drug-likeness (QED) is 0.0746. The summed E-state index contributed by atoms with van der Waals surface area (Å²) in [6.45, 7) is -0.155. The number of carbonyl (C=O) groups is 2. The van der Waals surface area contributed by atoms with Gasteiger partial charge < -0.3 is 39.0 Å². The van der Waals surface area contributed by atoms with Crippen molar-refractivity contribution in [1.29, 1.82) is 0 Å². The summed E-state index contributed by atoms with van der Waals surface area (Å²) < 4.78 is 47.9. The molecule has 1 aromatic carbocycles. The van der Waals surface area contributed by atoms with Gasteiger partial charge in [-0.2, -0.15) is 4.98 Å². The molecule has 2 aromatic heterocycles. The maximum Gasteiger partial charge on any atom is 0.415 e. The molecule has 0 bridgehead atoms. The lowest BCUT2D eigenvalue weighted by Gasteiger charge is -2.39. The molecule has 2 unspecified atom stereocenters. The minimum atomic E-state index is -5.50. The third-order valence-corrected chi connectivity index (χ3v) is 10.2. The van der Waals surface area contributed by atoms with E-state index in [0.717, 1.165) is 30.6 Å². The molecule has 2 saturated carbocycles. The van der Waals surface area contributed by atoms with Crippen LogP contribution in [0.15, 0.2) is 40.5 Å². The Labute approximate surface area is 274 Å². The molecule has 0 aliphatic heterocycles. The zero-order valence-electron chi connectivity index (χ0n) is 25.7. The minimum absolute atomic E-state index is 0.0109. The Morgan fingerprint density at radius 2 is 1.57 bits per heavy atom. The minimum Gasteiger partial charge on any atom is -0.497 e. The Morgan fingerprint density at radius 1 is 1.00 bits per heavy atom. The third-order valence-electron chi connectivity index (χ3n) is 8.18. The first kappa shape index (κ1) is 35.0. The molecule has 0 spiro atoms. The van der Waals surface area contributed by atoms with Gasteiger partial charge in [-0.25, -0.2) is 9.97 Å². The van der Waals surface area contributed by atoms with Gasteiger partial charge in [0.1, 0.15) is 16.3 Å². The number of nitrogens with two attached hydrogens (primary N) is 1. The molecule has 2 aliphatic rings. The van der Waals surface area contributed by atoms with E-state index in [1.165, 1.54) is 18.1 Å². The SMILES string of the molecule is COc1ccc(Sc2nc(N)nc3c2ncn3CCOC(OC(OC=O)C2CCCC2)(OC(OC=O)C2CCCC2)P(=O)(O)O)cc1. The molecular formula is C29H38N5O11PS. The number of methoxy groups -OCH3 is 1. The summed E-state index contributed by atoms with van der Waals surface area (Å²) in [6, 6.07) is 7.35. The molecule has 2 aliphatic carbocycles. The molecule has 2 fully saturated rings. The van der Waals surface area contributed by atoms with Crippen LogP contribution >= 0.6 is 19.4 Å². The Kier molecular flexibility index (Phi) is 11.7. The maximum atomic E-state index is 13.2. The third kappa shape index (κ3) is 8.41. The number of benzene rings is 1. The van der Waals surface area contributed by atoms with E-state index in [-0.39, 0.29) is 37.3 Å². The van der Waals surface area contributed by atoms with Crippen molar-refractivity contribution in [1.82, 2.24) is 19.5 Å². The summed E-state index contributed by atoms with van der Waals surface area (Å²) >= 11 is 1.32. The molecule has 2 atom stereocenters. The summed E-state index contributed by atoms with van der Waals surface area (Å²) in [5.41, 5.74) is 3.74. The number of nitrogens with zero attached hydrogens (tertiary/aromatic N) is 4. The van der Waals surface area contributed by atoms with E-state index in [0.29, 0.717) is 47.6 Å². The molecule has 3 aromatic rings. The van der Waals surface area contributed by atoms with Crippen LogP contribution in [0.5, 0.6) is 5.75 Å². The number of aromatic nitrogens is 4. The summed E-state index contributed by atoms with van der Waals surface area (Å²) in [4.78, 5) is 58.3. The van der Waals surface area contributed by atoms with Gasteiger partial charge in [0.25, 0.3) is 12.9 Å². The monoisotopic (exact) mass is 695 g/mol. The Hall–Kier alpha value is -3.31. The van der Waals surface area contributed by atoms with Gasteiger partial charge in [0, 0.05) is 23.3 Å². The summed E-state index contributed by atoms with van der Waals surface area (Å²) in [5, 5.41) is 0.490. The van der Waals surface area contributed by atoms with Crippen molar-refractivity contribution < 1.29 is 52.4 Å². The van der Waals surface area contributed by atoms with Gasteiger partial charge in [0.2, 0.25) is 18.5 Å². The number of fused-ring (bicyclic) bond motifs is 1. The Morgan fingerprint density at radius 3 is 2.09 bits per heavy atom. The number of ether oxygens (including phenoxy) is 6. The van der Waals surface area contributed by atoms with Crippen molar-refractivity contribution in [3.8, 4) is 5.75 Å². The Bertz CT molecular complexity index is 1510. The summed E-state index contributed by atoms with van der Waals surface area (Å²) in [7, 11) is -3.92. The zero-order chi connectivity index (χ0) is 33.4. The van der Waals surface area contributed by atoms with Crippen LogP contribution < -0.4 is 10.5 Å². The molecule has 0 radical (unpaired) electrons. The molecule has 4 N–H and O–H groups in total. The van der Waals surface area contributed by atoms with E-state index < -0.39 is 32.5 Å². The van der Waals surface area contributed by atoms with Crippen molar-refractivity contribution >= 4 is 49.4 Å². The van der Waals surface area contributed by atoms with Crippen LogP contribution in [0.4, 0.5) is 5.95 Å². The standard InChI is InChI=1S/C29H38N5O11PS/c1-40-21-10-12-22(13-11-21)47-25-23-24(32-28(30)33-25)34(16-31-23)14-15-43-29(46(37,38)39,44-26(41-17-35)19-6-2-3-7-19)45-27(42-18-36)20-8-4-5-9-20/h10-13,16-20,26-27H,2-9,14-15H2,1H3,(H2,30,32,33)(H2,37,38,39). The molecule has 256 valence electrons. The van der Waals surface area contributed by atoms with Gasteiger partial charge in [-0.05, 0) is 49.9 Å². The first-order valence-electron chi connectivity index (χ1n) is 15.2. The number of rotatable bonds is 18. The molecule has 2 heterocycles. The largest absolute Gasteiger partial charge is 0.497 e. The molecule has 16 nitrogen and oxygen atoms in total. The van der Waals surface area contributed by atoms with Gasteiger partial charge in [-0.1, -0.05) is 37.4 Å². The van der Waals surface area contributed by atoms with Crippen molar-refractivity contribution in [3.05, 3.63) is 30.6 Å². The fourth-order valence-corrected chi connectivity index (χ4v) is 7.46. The number of anilines is 1. The lowest BCUT2D eigenvalue weighted by Crippen LogP contribution is -2.49. The van der Waals surface area contributed by atoms with Crippen LogP contribution in [0.1, 0.15) is 51.4 Å². The van der Waals surface area contributed by atoms with Gasteiger partial charge in [-0.3, -0.25) is 23.6 Å². The van der Waals surface area contributed by atoms with Gasteiger partial charge >= 0.3 is 13.3 Å². The van der Waals surface area contributed by atoms with Gasteiger partial charge in [-0.15, -0.1) is 0 Å². The number of nitrogen functional groups attached to an aromatic ring is 1.